The first-order valence-electron chi connectivity index (χ1n) is 6.95. The number of pyridine rings is 1. The van der Waals surface area contributed by atoms with Crippen molar-refractivity contribution in [3.05, 3.63) is 35.4 Å². The van der Waals surface area contributed by atoms with Crippen molar-refractivity contribution in [1.82, 2.24) is 10.3 Å². The van der Waals surface area contributed by atoms with Crippen LogP contribution in [0.15, 0.2) is 24.3 Å². The highest BCUT2D eigenvalue weighted by Gasteiger charge is 2.17. The summed E-state index contributed by atoms with van der Waals surface area (Å²) < 4.78 is 5.93. The van der Waals surface area contributed by atoms with Gasteiger partial charge in [0.1, 0.15) is 6.10 Å². The number of benzene rings is 1. The molecule has 1 aromatic heterocycles. The van der Waals surface area contributed by atoms with Gasteiger partial charge < -0.3 is 10.1 Å². The average molecular weight is 256 g/mol. The Labute approximate surface area is 114 Å². The van der Waals surface area contributed by atoms with Gasteiger partial charge >= 0.3 is 0 Å². The Morgan fingerprint density at radius 2 is 2.21 bits per heavy atom. The Balaban J connectivity index is 2.20. The number of rotatable bonds is 1. The zero-order chi connectivity index (χ0) is 13.4. The Hall–Kier alpha value is -1.61. The molecule has 100 valence electrons. The highest BCUT2D eigenvalue weighted by Crippen LogP contribution is 2.29. The first-order chi connectivity index (χ1) is 9.15. The quantitative estimate of drug-likeness (QED) is 0.850. The normalized spacial score (nSPS) is 19.1. The van der Waals surface area contributed by atoms with Crippen molar-refractivity contribution in [1.29, 1.82) is 0 Å². The van der Waals surface area contributed by atoms with Gasteiger partial charge in [-0.15, -0.1) is 0 Å². The van der Waals surface area contributed by atoms with E-state index >= 15 is 0 Å². The molecule has 1 aliphatic rings. The van der Waals surface area contributed by atoms with Crippen LogP contribution in [-0.4, -0.2) is 17.6 Å². The summed E-state index contributed by atoms with van der Waals surface area (Å²) in [6.07, 6.45) is 0.164. The fourth-order valence-corrected chi connectivity index (χ4v) is 2.59. The second kappa shape index (κ2) is 4.82. The van der Waals surface area contributed by atoms with Crippen LogP contribution in [0.2, 0.25) is 0 Å². The van der Waals surface area contributed by atoms with Crippen LogP contribution in [-0.2, 0) is 6.54 Å². The molecule has 2 heterocycles. The van der Waals surface area contributed by atoms with E-state index in [1.807, 2.05) is 0 Å². The molecule has 19 heavy (non-hydrogen) atoms. The fourth-order valence-electron chi connectivity index (χ4n) is 2.59. The summed E-state index contributed by atoms with van der Waals surface area (Å²) in [6, 6.07) is 8.60. The molecule has 2 aromatic rings. The monoisotopic (exact) mass is 256 g/mol. The lowest BCUT2D eigenvalue weighted by Gasteiger charge is -2.14. The van der Waals surface area contributed by atoms with E-state index in [1.54, 1.807) is 0 Å². The van der Waals surface area contributed by atoms with Gasteiger partial charge in [0.15, 0.2) is 0 Å². The maximum Gasteiger partial charge on any atom is 0.218 e. The molecule has 3 nitrogen and oxygen atoms in total. The van der Waals surface area contributed by atoms with Gasteiger partial charge in [-0.25, -0.2) is 4.98 Å². The summed E-state index contributed by atoms with van der Waals surface area (Å²) in [4.78, 5) is 4.79. The van der Waals surface area contributed by atoms with E-state index in [9.17, 15) is 0 Å². The van der Waals surface area contributed by atoms with E-state index in [1.165, 1.54) is 10.9 Å². The van der Waals surface area contributed by atoms with Crippen LogP contribution in [0.4, 0.5) is 0 Å². The molecule has 0 fully saturated rings. The number of hydrogen-bond acceptors (Lipinski definition) is 3. The third-order valence-electron chi connectivity index (χ3n) is 3.60. The third kappa shape index (κ3) is 2.30. The number of fused-ring (bicyclic) bond motifs is 2. The van der Waals surface area contributed by atoms with Crippen molar-refractivity contribution in [3.8, 4) is 5.88 Å². The minimum atomic E-state index is 0.164. The Kier molecular flexibility index (Phi) is 3.15. The highest BCUT2D eigenvalue weighted by molar-refractivity contribution is 5.83. The van der Waals surface area contributed by atoms with E-state index < -0.39 is 0 Å². The van der Waals surface area contributed by atoms with Crippen LogP contribution < -0.4 is 10.1 Å². The van der Waals surface area contributed by atoms with E-state index in [0.717, 1.165) is 30.0 Å². The van der Waals surface area contributed by atoms with Gasteiger partial charge in [-0.1, -0.05) is 32.0 Å². The fraction of sp³-hybridized carbons (Fsp3) is 0.438. The lowest BCUT2D eigenvalue weighted by molar-refractivity contribution is 0.218. The highest BCUT2D eigenvalue weighted by atomic mass is 16.5. The van der Waals surface area contributed by atoms with Gasteiger partial charge in [-0.2, -0.15) is 0 Å². The Morgan fingerprint density at radius 3 is 3.00 bits per heavy atom. The number of para-hydroxylation sites is 1. The van der Waals surface area contributed by atoms with Gasteiger partial charge in [0, 0.05) is 24.0 Å². The predicted octanol–water partition coefficient (Wildman–Crippen LogP) is 3.23. The summed E-state index contributed by atoms with van der Waals surface area (Å²) >= 11 is 0. The summed E-state index contributed by atoms with van der Waals surface area (Å²) in [5.74, 6) is 1.26. The first-order valence-corrected chi connectivity index (χ1v) is 6.95. The maximum atomic E-state index is 5.93. The largest absolute Gasteiger partial charge is 0.473 e. The topological polar surface area (TPSA) is 34.1 Å². The summed E-state index contributed by atoms with van der Waals surface area (Å²) in [5, 5.41) is 4.59. The van der Waals surface area contributed by atoms with Crippen LogP contribution in [0.5, 0.6) is 5.88 Å². The van der Waals surface area contributed by atoms with Crippen molar-refractivity contribution in [3.63, 3.8) is 0 Å². The van der Waals surface area contributed by atoms with Crippen LogP contribution in [0.1, 0.15) is 37.8 Å². The molecule has 1 aromatic carbocycles. The molecule has 1 N–H and O–H groups in total. The van der Waals surface area contributed by atoms with Crippen molar-refractivity contribution in [2.24, 2.45) is 0 Å². The van der Waals surface area contributed by atoms with Crippen LogP contribution >= 0.6 is 0 Å². The van der Waals surface area contributed by atoms with E-state index in [-0.39, 0.29) is 6.10 Å². The number of nitrogens with zero attached hydrogens (tertiary/aromatic N) is 1. The molecule has 0 spiro atoms. The van der Waals surface area contributed by atoms with Gasteiger partial charge in [0.25, 0.3) is 0 Å². The molecule has 1 aliphatic heterocycles. The molecule has 3 rings (SSSR count). The molecule has 1 atom stereocenters. The van der Waals surface area contributed by atoms with Gasteiger partial charge in [-0.05, 0) is 24.5 Å². The standard InChI is InChI=1S/C16H20N2O/c1-10(2)14-6-4-5-12-7-13-9-17-8-11(3)19-16(13)18-15(12)14/h4-7,10-11,17H,8-9H2,1-3H3/t11-/m1/s1. The van der Waals surface area contributed by atoms with Crippen molar-refractivity contribution >= 4 is 10.9 Å². The van der Waals surface area contributed by atoms with Crippen LogP contribution in [0, 0.1) is 0 Å². The lowest BCUT2D eigenvalue weighted by Crippen LogP contribution is -2.25. The van der Waals surface area contributed by atoms with Crippen molar-refractivity contribution < 1.29 is 4.74 Å². The SMILES string of the molecule is CC(C)c1cccc2cc3c(nc12)O[C@H](C)CNC3. The van der Waals surface area contributed by atoms with Gasteiger partial charge in [-0.3, -0.25) is 0 Å². The van der Waals surface area contributed by atoms with E-state index in [4.69, 9.17) is 9.72 Å². The second-order valence-electron chi connectivity index (χ2n) is 5.59. The number of ether oxygens (including phenoxy) is 1. The van der Waals surface area contributed by atoms with Crippen LogP contribution in [0.3, 0.4) is 0 Å². The molecule has 0 unspecified atom stereocenters. The number of hydrogen-bond donors (Lipinski definition) is 1. The summed E-state index contributed by atoms with van der Waals surface area (Å²) in [7, 11) is 0. The minimum absolute atomic E-state index is 0.164. The molecule has 0 saturated carbocycles. The van der Waals surface area contributed by atoms with Crippen molar-refractivity contribution in [2.45, 2.75) is 39.3 Å². The average Bonchev–Trinajstić information content (AvgIpc) is 2.55. The predicted molar refractivity (Wildman–Crippen MR) is 77.6 cm³/mol. The zero-order valence-corrected chi connectivity index (χ0v) is 11.7. The maximum absolute atomic E-state index is 5.93. The third-order valence-corrected chi connectivity index (χ3v) is 3.60. The second-order valence-corrected chi connectivity index (χ2v) is 5.59. The molecule has 0 bridgehead atoms. The molecule has 0 amide bonds. The molecule has 0 saturated heterocycles. The van der Waals surface area contributed by atoms with Gasteiger partial charge in [0.05, 0.1) is 5.52 Å². The zero-order valence-electron chi connectivity index (χ0n) is 11.7. The molecule has 0 aliphatic carbocycles. The number of aromatic nitrogens is 1. The summed E-state index contributed by atoms with van der Waals surface area (Å²) in [6.45, 7) is 8.17. The minimum Gasteiger partial charge on any atom is -0.473 e. The van der Waals surface area contributed by atoms with Crippen LogP contribution in [0.25, 0.3) is 10.9 Å². The summed E-state index contributed by atoms with van der Waals surface area (Å²) in [5.41, 5.74) is 3.51. The molecular weight excluding hydrogens is 236 g/mol. The number of nitrogens with one attached hydrogen (secondary N) is 1. The molecule has 0 radical (unpaired) electrons. The van der Waals surface area contributed by atoms with E-state index in [2.05, 4.69) is 50.4 Å². The lowest BCUT2D eigenvalue weighted by atomic mass is 9.99. The Morgan fingerprint density at radius 1 is 1.37 bits per heavy atom. The van der Waals surface area contributed by atoms with E-state index in [0.29, 0.717) is 5.92 Å². The Bertz CT molecular complexity index is 607. The molecule has 3 heteroatoms. The molecular formula is C16H20N2O. The smallest absolute Gasteiger partial charge is 0.218 e. The van der Waals surface area contributed by atoms with Crippen molar-refractivity contribution in [2.75, 3.05) is 6.54 Å². The first kappa shape index (κ1) is 12.4. The van der Waals surface area contributed by atoms with Gasteiger partial charge in [0.2, 0.25) is 5.88 Å².